The predicted molar refractivity (Wildman–Crippen MR) is 74.7 cm³/mol. The average molecular weight is 243 g/mol. The fourth-order valence-corrected chi connectivity index (χ4v) is 2.57. The summed E-state index contributed by atoms with van der Waals surface area (Å²) in [5, 5.41) is 0. The van der Waals surface area contributed by atoms with Crippen LogP contribution in [0, 0.1) is 0 Å². The summed E-state index contributed by atoms with van der Waals surface area (Å²) in [6.45, 7) is 5.08. The number of hydrogen-bond donors (Lipinski definition) is 1. The highest BCUT2D eigenvalue weighted by Crippen LogP contribution is 2.41. The van der Waals surface area contributed by atoms with Crippen molar-refractivity contribution in [3.8, 4) is 0 Å². The summed E-state index contributed by atoms with van der Waals surface area (Å²) in [6.07, 6.45) is 3.58. The van der Waals surface area contributed by atoms with E-state index in [0.29, 0.717) is 12.6 Å². The Bertz CT molecular complexity index is 562. The topological polar surface area (TPSA) is 43.8 Å². The normalized spacial score (nSPS) is 19.1. The minimum atomic E-state index is -0.0123. The van der Waals surface area contributed by atoms with Gasteiger partial charge in [-0.2, -0.15) is 0 Å². The fraction of sp³-hybridized carbons (Fsp3) is 0.533. The van der Waals surface area contributed by atoms with Crippen LogP contribution in [0.25, 0.3) is 11.0 Å². The van der Waals surface area contributed by atoms with Gasteiger partial charge in [-0.15, -0.1) is 0 Å². The Balaban J connectivity index is 2.24. The summed E-state index contributed by atoms with van der Waals surface area (Å²) in [6, 6.07) is 9.08. The maximum atomic E-state index is 6.01. The zero-order valence-corrected chi connectivity index (χ0v) is 11.2. The first-order valence-electron chi connectivity index (χ1n) is 6.87. The average Bonchev–Trinajstić information content (AvgIpc) is 3.17. The number of nitrogens with zero attached hydrogens (tertiary/aromatic N) is 2. The number of fused-ring (bicyclic) bond motifs is 1. The molecule has 1 unspecified atom stereocenters. The van der Waals surface area contributed by atoms with E-state index >= 15 is 0 Å². The Hall–Kier alpha value is -1.35. The maximum Gasteiger partial charge on any atom is 0.117 e. The number of hydrogen-bond acceptors (Lipinski definition) is 2. The van der Waals surface area contributed by atoms with Crippen LogP contribution in [0.15, 0.2) is 24.3 Å². The summed E-state index contributed by atoms with van der Waals surface area (Å²) in [5.41, 5.74) is 8.37. The molecule has 1 atom stereocenters. The molecule has 3 nitrogen and oxygen atoms in total. The van der Waals surface area contributed by atoms with Crippen LogP contribution in [0.3, 0.4) is 0 Å². The summed E-state index contributed by atoms with van der Waals surface area (Å²) in [7, 11) is 0. The summed E-state index contributed by atoms with van der Waals surface area (Å²) < 4.78 is 2.44. The van der Waals surface area contributed by atoms with E-state index < -0.39 is 0 Å². The van der Waals surface area contributed by atoms with E-state index in [4.69, 9.17) is 10.7 Å². The highest BCUT2D eigenvalue weighted by atomic mass is 15.1. The number of benzene rings is 1. The molecule has 18 heavy (non-hydrogen) atoms. The van der Waals surface area contributed by atoms with Crippen molar-refractivity contribution < 1.29 is 0 Å². The van der Waals surface area contributed by atoms with Crippen molar-refractivity contribution in [2.75, 3.05) is 6.54 Å². The van der Waals surface area contributed by atoms with E-state index in [2.05, 4.69) is 42.7 Å². The molecule has 3 rings (SSSR count). The second kappa shape index (κ2) is 4.09. The molecule has 3 heteroatoms. The largest absolute Gasteiger partial charge is 0.329 e. The van der Waals surface area contributed by atoms with Gasteiger partial charge in [0, 0.05) is 18.0 Å². The third-order valence-corrected chi connectivity index (χ3v) is 4.28. The lowest BCUT2D eigenvalue weighted by Crippen LogP contribution is -2.34. The Morgan fingerprint density at radius 3 is 2.72 bits per heavy atom. The molecule has 1 saturated carbocycles. The van der Waals surface area contributed by atoms with Gasteiger partial charge >= 0.3 is 0 Å². The molecule has 0 saturated heterocycles. The lowest BCUT2D eigenvalue weighted by Gasteiger charge is -2.26. The highest BCUT2D eigenvalue weighted by Gasteiger charge is 2.35. The van der Waals surface area contributed by atoms with Crippen molar-refractivity contribution in [3.05, 3.63) is 30.1 Å². The molecular weight excluding hydrogens is 222 g/mol. The molecule has 1 aromatic carbocycles. The van der Waals surface area contributed by atoms with E-state index in [0.717, 1.165) is 11.9 Å². The molecule has 2 N–H and O–H groups in total. The van der Waals surface area contributed by atoms with Gasteiger partial charge in [0.25, 0.3) is 0 Å². The van der Waals surface area contributed by atoms with Crippen LogP contribution >= 0.6 is 0 Å². The van der Waals surface area contributed by atoms with Crippen LogP contribution in [0.1, 0.15) is 45.0 Å². The van der Waals surface area contributed by atoms with Crippen LogP contribution in [0.4, 0.5) is 0 Å². The maximum absolute atomic E-state index is 6.01. The monoisotopic (exact) mass is 243 g/mol. The van der Waals surface area contributed by atoms with Crippen molar-refractivity contribution in [1.82, 2.24) is 9.55 Å². The Kier molecular flexibility index (Phi) is 2.67. The van der Waals surface area contributed by atoms with Crippen molar-refractivity contribution >= 4 is 11.0 Å². The molecule has 1 aromatic heterocycles. The first-order chi connectivity index (χ1) is 8.69. The molecular formula is C15H21N3. The minimum Gasteiger partial charge on any atom is -0.329 e. The molecule has 1 fully saturated rings. The molecule has 1 aliphatic carbocycles. The molecule has 1 heterocycles. The van der Waals surface area contributed by atoms with E-state index in [-0.39, 0.29) is 5.41 Å². The third kappa shape index (κ3) is 1.65. The summed E-state index contributed by atoms with van der Waals surface area (Å²) >= 11 is 0. The zero-order valence-electron chi connectivity index (χ0n) is 11.2. The molecule has 96 valence electrons. The zero-order chi connectivity index (χ0) is 12.8. The third-order valence-electron chi connectivity index (χ3n) is 4.28. The van der Waals surface area contributed by atoms with Gasteiger partial charge in [0.15, 0.2) is 0 Å². The molecule has 2 aromatic rings. The molecule has 0 spiro atoms. The number of rotatable bonds is 4. The first-order valence-corrected chi connectivity index (χ1v) is 6.87. The number of imidazole rings is 1. The van der Waals surface area contributed by atoms with Gasteiger partial charge in [-0.1, -0.05) is 26.0 Å². The van der Waals surface area contributed by atoms with Crippen LogP contribution in [0.2, 0.25) is 0 Å². The van der Waals surface area contributed by atoms with Gasteiger partial charge in [-0.25, -0.2) is 4.98 Å². The van der Waals surface area contributed by atoms with Gasteiger partial charge in [0.1, 0.15) is 5.82 Å². The second-order valence-electron chi connectivity index (χ2n) is 5.64. The highest BCUT2D eigenvalue weighted by molar-refractivity contribution is 5.76. The van der Waals surface area contributed by atoms with Gasteiger partial charge in [-0.3, -0.25) is 0 Å². The SMILES string of the molecule is CCC(C)(CN)c1nc2ccccc2n1C1CC1. The van der Waals surface area contributed by atoms with Crippen LogP contribution in [-0.2, 0) is 5.41 Å². The van der Waals surface area contributed by atoms with Crippen LogP contribution in [0.5, 0.6) is 0 Å². The number of nitrogens with two attached hydrogens (primary N) is 1. The molecule has 0 amide bonds. The Labute approximate surface area is 108 Å². The van der Waals surface area contributed by atoms with Gasteiger partial charge < -0.3 is 10.3 Å². The smallest absolute Gasteiger partial charge is 0.117 e. The lowest BCUT2D eigenvalue weighted by molar-refractivity contribution is 0.418. The van der Waals surface area contributed by atoms with Crippen molar-refractivity contribution in [2.24, 2.45) is 5.73 Å². The standard InChI is InChI=1S/C15H21N3/c1-3-15(2,10-16)14-17-12-6-4-5-7-13(12)18(14)11-8-9-11/h4-7,11H,3,8-10,16H2,1-2H3. The summed E-state index contributed by atoms with van der Waals surface area (Å²) in [4.78, 5) is 4.87. The van der Waals surface area contributed by atoms with Crippen LogP contribution in [-0.4, -0.2) is 16.1 Å². The lowest BCUT2D eigenvalue weighted by atomic mass is 9.86. The fourth-order valence-electron chi connectivity index (χ4n) is 2.57. The van der Waals surface area contributed by atoms with Crippen molar-refractivity contribution in [3.63, 3.8) is 0 Å². The van der Waals surface area contributed by atoms with E-state index in [1.54, 1.807) is 0 Å². The Morgan fingerprint density at radius 2 is 2.11 bits per heavy atom. The van der Waals surface area contributed by atoms with Gasteiger partial charge in [0.05, 0.1) is 11.0 Å². The molecule has 1 aliphatic rings. The van der Waals surface area contributed by atoms with E-state index in [1.165, 1.54) is 24.2 Å². The second-order valence-corrected chi connectivity index (χ2v) is 5.64. The van der Waals surface area contributed by atoms with Crippen molar-refractivity contribution in [1.29, 1.82) is 0 Å². The molecule has 0 aliphatic heterocycles. The quantitative estimate of drug-likeness (QED) is 0.897. The first kappa shape index (κ1) is 11.7. The predicted octanol–water partition coefficient (Wildman–Crippen LogP) is 3.00. The molecule has 0 bridgehead atoms. The molecule has 0 radical (unpaired) electrons. The summed E-state index contributed by atoms with van der Waals surface area (Å²) in [5.74, 6) is 1.18. The Morgan fingerprint density at radius 1 is 1.39 bits per heavy atom. The van der Waals surface area contributed by atoms with Crippen molar-refractivity contribution in [2.45, 2.75) is 44.6 Å². The number of aromatic nitrogens is 2. The van der Waals surface area contributed by atoms with E-state index in [1.807, 2.05) is 0 Å². The van der Waals surface area contributed by atoms with E-state index in [9.17, 15) is 0 Å². The van der Waals surface area contributed by atoms with Gasteiger partial charge in [-0.05, 0) is 31.4 Å². The minimum absolute atomic E-state index is 0.0123. The number of para-hydroxylation sites is 2. The van der Waals surface area contributed by atoms with Crippen LogP contribution < -0.4 is 5.73 Å². The van der Waals surface area contributed by atoms with Gasteiger partial charge in [0.2, 0.25) is 0 Å².